The van der Waals surface area contributed by atoms with Gasteiger partial charge in [-0.25, -0.2) is 9.37 Å². The molecule has 0 unspecified atom stereocenters. The second-order valence-corrected chi connectivity index (χ2v) is 8.70. The Kier molecular flexibility index (Phi) is 6.12. The Balaban J connectivity index is 1.38. The number of fused-ring (bicyclic) bond motifs is 1. The van der Waals surface area contributed by atoms with Crippen molar-refractivity contribution in [2.75, 3.05) is 38.5 Å². The van der Waals surface area contributed by atoms with Gasteiger partial charge >= 0.3 is 0 Å². The number of nitrogens with one attached hydrogen (secondary N) is 1. The molecule has 5 rings (SSSR count). The first-order chi connectivity index (χ1) is 16.5. The maximum Gasteiger partial charge on any atom is 0.254 e. The maximum atomic E-state index is 14.2. The summed E-state index contributed by atoms with van der Waals surface area (Å²) >= 11 is 5.85. The molecule has 2 aromatic carbocycles. The Morgan fingerprint density at radius 1 is 1.09 bits per heavy atom. The first-order valence-corrected chi connectivity index (χ1v) is 11.3. The van der Waals surface area contributed by atoms with Gasteiger partial charge in [-0.05, 0) is 31.3 Å². The highest BCUT2D eigenvalue weighted by Gasteiger charge is 2.20. The van der Waals surface area contributed by atoms with Crippen LogP contribution in [-0.4, -0.2) is 68.5 Å². The van der Waals surface area contributed by atoms with Crippen molar-refractivity contribution in [3.63, 3.8) is 0 Å². The minimum absolute atomic E-state index is 0.0351. The third-order valence-corrected chi connectivity index (χ3v) is 6.18. The van der Waals surface area contributed by atoms with Crippen molar-refractivity contribution in [2.24, 2.45) is 0 Å². The Morgan fingerprint density at radius 3 is 2.59 bits per heavy atom. The number of hydrogen-bond acceptors (Lipinski definition) is 6. The highest BCUT2D eigenvalue weighted by atomic mass is 35.5. The van der Waals surface area contributed by atoms with E-state index in [1.54, 1.807) is 16.6 Å². The number of aromatic nitrogens is 4. The SMILES string of the molecule is CN1CCN(C(=O)c2ccc(-c3cc(NCc4ccc(Cl)cc4F)n4ncnc4n3)cc2)CC1. The van der Waals surface area contributed by atoms with Crippen LogP contribution in [0.25, 0.3) is 17.0 Å². The lowest BCUT2D eigenvalue weighted by molar-refractivity contribution is 0.0664. The summed E-state index contributed by atoms with van der Waals surface area (Å²) < 4.78 is 15.8. The summed E-state index contributed by atoms with van der Waals surface area (Å²) in [4.78, 5) is 25.7. The Morgan fingerprint density at radius 2 is 1.85 bits per heavy atom. The van der Waals surface area contributed by atoms with E-state index in [4.69, 9.17) is 11.6 Å². The summed E-state index contributed by atoms with van der Waals surface area (Å²) in [5.41, 5.74) is 2.62. The molecule has 0 saturated carbocycles. The zero-order valence-corrected chi connectivity index (χ0v) is 19.3. The molecule has 0 radical (unpaired) electrons. The van der Waals surface area contributed by atoms with Crippen LogP contribution in [0.15, 0.2) is 54.9 Å². The largest absolute Gasteiger partial charge is 0.366 e. The summed E-state index contributed by atoms with van der Waals surface area (Å²) in [5, 5.41) is 7.77. The van der Waals surface area contributed by atoms with E-state index < -0.39 is 0 Å². The first-order valence-electron chi connectivity index (χ1n) is 10.9. The Labute approximate surface area is 201 Å². The van der Waals surface area contributed by atoms with Gasteiger partial charge in [-0.2, -0.15) is 14.6 Å². The lowest BCUT2D eigenvalue weighted by Gasteiger charge is -2.32. The molecule has 1 N–H and O–H groups in total. The standard InChI is InChI=1S/C24H23ClFN7O/c1-31-8-10-32(11-9-31)23(34)17-4-2-16(3-5-17)21-13-22(33-24(30-21)28-15-29-33)27-14-18-6-7-19(25)12-20(18)26/h2-7,12-13,15,27H,8-11,14H2,1H3. The van der Waals surface area contributed by atoms with Gasteiger partial charge in [-0.15, -0.1) is 0 Å². The molecule has 1 amide bonds. The van der Waals surface area contributed by atoms with Gasteiger partial charge in [0.05, 0.1) is 5.69 Å². The molecule has 2 aromatic heterocycles. The van der Waals surface area contributed by atoms with Gasteiger partial charge < -0.3 is 15.1 Å². The summed E-state index contributed by atoms with van der Waals surface area (Å²) in [6, 6.07) is 13.8. The molecule has 0 atom stereocenters. The van der Waals surface area contributed by atoms with Gasteiger partial charge in [-0.1, -0.05) is 29.8 Å². The molecule has 1 saturated heterocycles. The number of likely N-dealkylation sites (N-methyl/N-ethyl adjacent to an activating group) is 1. The lowest BCUT2D eigenvalue weighted by atomic mass is 10.1. The van der Waals surface area contributed by atoms with Crippen LogP contribution < -0.4 is 5.32 Å². The molecule has 0 spiro atoms. The van der Waals surface area contributed by atoms with Gasteiger partial charge in [0.1, 0.15) is 18.0 Å². The topological polar surface area (TPSA) is 78.7 Å². The number of rotatable bonds is 5. The minimum atomic E-state index is -0.385. The van der Waals surface area contributed by atoms with Crippen LogP contribution in [-0.2, 0) is 6.54 Å². The van der Waals surface area contributed by atoms with Crippen LogP contribution in [0.3, 0.4) is 0 Å². The average molecular weight is 480 g/mol. The van der Waals surface area contributed by atoms with Gasteiger partial charge in [0.15, 0.2) is 0 Å². The van der Waals surface area contributed by atoms with Crippen molar-refractivity contribution in [3.05, 3.63) is 76.8 Å². The molecular weight excluding hydrogens is 457 g/mol. The van der Waals surface area contributed by atoms with Crippen molar-refractivity contribution in [2.45, 2.75) is 6.54 Å². The first kappa shape index (κ1) is 22.2. The Bertz CT molecular complexity index is 1330. The molecule has 34 heavy (non-hydrogen) atoms. The van der Waals surface area contributed by atoms with E-state index in [-0.39, 0.29) is 18.3 Å². The van der Waals surface area contributed by atoms with Crippen molar-refractivity contribution in [1.29, 1.82) is 0 Å². The van der Waals surface area contributed by atoms with E-state index in [2.05, 4.69) is 32.3 Å². The molecule has 4 aromatic rings. The van der Waals surface area contributed by atoms with Gasteiger partial charge in [-0.3, -0.25) is 4.79 Å². The molecule has 1 fully saturated rings. The van der Waals surface area contributed by atoms with Crippen LogP contribution >= 0.6 is 11.6 Å². The summed E-state index contributed by atoms with van der Waals surface area (Å²) in [7, 11) is 2.06. The van der Waals surface area contributed by atoms with Gasteiger partial charge in [0.2, 0.25) is 0 Å². The number of benzene rings is 2. The predicted molar refractivity (Wildman–Crippen MR) is 128 cm³/mol. The molecule has 1 aliphatic rings. The fourth-order valence-corrected chi connectivity index (χ4v) is 4.07. The van der Waals surface area contributed by atoms with E-state index in [1.807, 2.05) is 35.2 Å². The van der Waals surface area contributed by atoms with Crippen molar-refractivity contribution >= 4 is 29.1 Å². The zero-order valence-electron chi connectivity index (χ0n) is 18.6. The molecule has 3 heterocycles. The van der Waals surface area contributed by atoms with Crippen LogP contribution in [0.2, 0.25) is 5.02 Å². The molecular formula is C24H23ClFN7O. The second-order valence-electron chi connectivity index (χ2n) is 8.26. The van der Waals surface area contributed by atoms with Crippen molar-refractivity contribution < 1.29 is 9.18 Å². The van der Waals surface area contributed by atoms with E-state index in [0.29, 0.717) is 33.4 Å². The number of nitrogens with zero attached hydrogens (tertiary/aromatic N) is 6. The molecule has 0 bridgehead atoms. The van der Waals surface area contributed by atoms with Gasteiger partial charge in [0.25, 0.3) is 11.7 Å². The van der Waals surface area contributed by atoms with E-state index in [9.17, 15) is 9.18 Å². The zero-order chi connectivity index (χ0) is 23.7. The summed E-state index contributed by atoms with van der Waals surface area (Å²) in [6.45, 7) is 3.44. The monoisotopic (exact) mass is 479 g/mol. The van der Waals surface area contributed by atoms with Crippen LogP contribution in [0.4, 0.5) is 10.2 Å². The number of anilines is 1. The lowest BCUT2D eigenvalue weighted by Crippen LogP contribution is -2.47. The maximum absolute atomic E-state index is 14.2. The fraction of sp³-hybridized carbons (Fsp3) is 0.250. The van der Waals surface area contributed by atoms with E-state index in [0.717, 1.165) is 31.7 Å². The smallest absolute Gasteiger partial charge is 0.254 e. The molecule has 174 valence electrons. The molecule has 0 aliphatic carbocycles. The number of hydrogen-bond donors (Lipinski definition) is 1. The number of piperazine rings is 1. The van der Waals surface area contributed by atoms with Crippen LogP contribution in [0.5, 0.6) is 0 Å². The number of halogens is 2. The third kappa shape index (κ3) is 4.57. The molecule has 10 heteroatoms. The Hall–Kier alpha value is -3.56. The highest BCUT2D eigenvalue weighted by Crippen LogP contribution is 2.24. The van der Waals surface area contributed by atoms with Crippen molar-refractivity contribution in [3.8, 4) is 11.3 Å². The van der Waals surface area contributed by atoms with Crippen LogP contribution in [0.1, 0.15) is 15.9 Å². The molecule has 1 aliphatic heterocycles. The average Bonchev–Trinajstić information content (AvgIpc) is 3.32. The summed E-state index contributed by atoms with van der Waals surface area (Å²) in [6.07, 6.45) is 1.41. The minimum Gasteiger partial charge on any atom is -0.366 e. The summed E-state index contributed by atoms with van der Waals surface area (Å²) in [5.74, 6) is 0.677. The number of amides is 1. The number of carbonyl (C=O) groups excluding carboxylic acids is 1. The highest BCUT2D eigenvalue weighted by molar-refractivity contribution is 6.30. The van der Waals surface area contributed by atoms with E-state index in [1.165, 1.54) is 12.4 Å². The predicted octanol–water partition coefficient (Wildman–Crippen LogP) is 3.58. The van der Waals surface area contributed by atoms with Crippen molar-refractivity contribution in [1.82, 2.24) is 29.4 Å². The fourth-order valence-electron chi connectivity index (χ4n) is 3.91. The molecule has 8 nitrogen and oxygen atoms in total. The normalized spacial score (nSPS) is 14.5. The second kappa shape index (κ2) is 9.36. The number of carbonyl (C=O) groups is 1. The third-order valence-electron chi connectivity index (χ3n) is 5.95. The quantitative estimate of drug-likeness (QED) is 0.471. The van der Waals surface area contributed by atoms with Gasteiger partial charge in [0, 0.05) is 60.5 Å². The van der Waals surface area contributed by atoms with E-state index >= 15 is 0 Å². The van der Waals surface area contributed by atoms with Crippen LogP contribution in [0, 0.1) is 5.82 Å².